The molecule has 2 aliphatic heterocycles. The van der Waals surface area contributed by atoms with Crippen LogP contribution in [0, 0.1) is 0 Å². The van der Waals surface area contributed by atoms with E-state index in [0.717, 1.165) is 37.1 Å². The predicted molar refractivity (Wildman–Crippen MR) is 134 cm³/mol. The number of anilines is 2. The number of pyridine rings is 1. The highest BCUT2D eigenvalue weighted by Gasteiger charge is 2.40. The van der Waals surface area contributed by atoms with Gasteiger partial charge in [-0.2, -0.15) is 0 Å². The van der Waals surface area contributed by atoms with Crippen molar-refractivity contribution in [3.05, 3.63) is 60.2 Å². The average molecular weight is 492 g/mol. The quantitative estimate of drug-likeness (QED) is 0.499. The zero-order valence-corrected chi connectivity index (χ0v) is 20.2. The minimum atomic E-state index is -0.436. The number of carbonyl (C=O) groups excluding carboxylic acids is 2. The number of benzene rings is 2. The van der Waals surface area contributed by atoms with Crippen LogP contribution in [0.5, 0.6) is 5.75 Å². The molecule has 0 aliphatic carbocycles. The summed E-state index contributed by atoms with van der Waals surface area (Å²) in [5.41, 5.74) is 1.69. The van der Waals surface area contributed by atoms with Crippen molar-refractivity contribution in [1.29, 1.82) is 0 Å². The Hall–Kier alpha value is -3.69. The Labute approximate surface area is 209 Å². The lowest BCUT2D eigenvalue weighted by atomic mass is 10.0. The van der Waals surface area contributed by atoms with Gasteiger partial charge in [-0.3, -0.25) is 4.79 Å². The molecular weight excluding hydrogens is 462 g/mol. The fourth-order valence-electron chi connectivity index (χ4n) is 4.51. The summed E-state index contributed by atoms with van der Waals surface area (Å²) in [5.74, 6) is 0.250. The first-order valence-electron chi connectivity index (χ1n) is 12.2. The van der Waals surface area contributed by atoms with Gasteiger partial charge in [0, 0.05) is 37.0 Å². The second-order valence-corrected chi connectivity index (χ2v) is 8.73. The molecule has 1 aromatic heterocycles. The molecule has 0 radical (unpaired) electrons. The number of esters is 1. The number of carbonyl (C=O) groups is 2. The van der Waals surface area contributed by atoms with Crippen molar-refractivity contribution in [2.75, 3.05) is 49.7 Å². The Kier molecular flexibility index (Phi) is 7.02. The number of para-hydroxylation sites is 1. The van der Waals surface area contributed by atoms with Crippen LogP contribution in [0.25, 0.3) is 10.9 Å². The van der Waals surface area contributed by atoms with E-state index in [1.165, 1.54) is 0 Å². The van der Waals surface area contributed by atoms with Gasteiger partial charge in [0.25, 0.3) is 5.91 Å². The summed E-state index contributed by atoms with van der Waals surface area (Å²) in [6.45, 7) is 4.77. The molecule has 1 N–H and O–H groups in total. The van der Waals surface area contributed by atoms with E-state index in [0.29, 0.717) is 42.3 Å². The maximum absolute atomic E-state index is 12.5. The molecule has 2 fully saturated rings. The minimum absolute atomic E-state index is 0.175. The molecule has 1 amide bonds. The molecule has 9 nitrogen and oxygen atoms in total. The lowest BCUT2D eigenvalue weighted by Crippen LogP contribution is -2.45. The van der Waals surface area contributed by atoms with Gasteiger partial charge in [0.15, 0.2) is 12.4 Å². The van der Waals surface area contributed by atoms with Crippen molar-refractivity contribution < 1.29 is 28.5 Å². The highest BCUT2D eigenvalue weighted by Crippen LogP contribution is 2.34. The Balaban J connectivity index is 1.22. The second-order valence-electron chi connectivity index (χ2n) is 8.73. The van der Waals surface area contributed by atoms with E-state index in [9.17, 15) is 9.59 Å². The van der Waals surface area contributed by atoms with Crippen molar-refractivity contribution >= 4 is 34.3 Å². The Morgan fingerprint density at radius 3 is 2.50 bits per heavy atom. The highest BCUT2D eigenvalue weighted by molar-refractivity contribution is 5.94. The van der Waals surface area contributed by atoms with Crippen LogP contribution in [0.15, 0.2) is 54.6 Å². The molecule has 1 spiro atoms. The smallest absolute Gasteiger partial charge is 0.338 e. The molecule has 2 aromatic carbocycles. The van der Waals surface area contributed by atoms with Gasteiger partial charge in [-0.15, -0.1) is 0 Å². The van der Waals surface area contributed by atoms with Gasteiger partial charge in [-0.25, -0.2) is 9.78 Å². The summed E-state index contributed by atoms with van der Waals surface area (Å²) in [7, 11) is 0. The molecule has 0 bridgehead atoms. The topological polar surface area (TPSA) is 99.2 Å². The van der Waals surface area contributed by atoms with Crippen molar-refractivity contribution in [3.63, 3.8) is 0 Å². The van der Waals surface area contributed by atoms with Crippen molar-refractivity contribution in [2.24, 2.45) is 0 Å². The predicted octanol–water partition coefficient (Wildman–Crippen LogP) is 3.77. The molecule has 9 heteroatoms. The standard InChI is InChI=1S/C27H29N3O6/c1-2-33-26(32)20-6-9-21(10-7-20)28-24(31)18-34-22-5-3-4-19-8-11-23(29-25(19)22)30-14-12-27(13-15-30)35-16-17-36-27/h3-11H,2,12-18H2,1H3,(H,28,31). The van der Waals surface area contributed by atoms with E-state index >= 15 is 0 Å². The van der Waals surface area contributed by atoms with Gasteiger partial charge in [0.1, 0.15) is 17.1 Å². The molecule has 188 valence electrons. The van der Waals surface area contributed by atoms with Crippen molar-refractivity contribution in [3.8, 4) is 5.75 Å². The molecule has 0 unspecified atom stereocenters. The van der Waals surface area contributed by atoms with Crippen LogP contribution in [0.1, 0.15) is 30.1 Å². The number of nitrogens with zero attached hydrogens (tertiary/aromatic N) is 2. The van der Waals surface area contributed by atoms with Gasteiger partial charge >= 0.3 is 5.97 Å². The van der Waals surface area contributed by atoms with Crippen molar-refractivity contribution in [2.45, 2.75) is 25.6 Å². The summed E-state index contributed by atoms with van der Waals surface area (Å²) in [6, 6.07) is 16.2. The van der Waals surface area contributed by atoms with Crippen LogP contribution in [0.4, 0.5) is 11.5 Å². The second kappa shape index (κ2) is 10.5. The number of hydrogen-bond donors (Lipinski definition) is 1. The fourth-order valence-corrected chi connectivity index (χ4v) is 4.51. The zero-order valence-electron chi connectivity index (χ0n) is 20.2. The first kappa shape index (κ1) is 24.0. The first-order valence-corrected chi connectivity index (χ1v) is 12.2. The molecule has 36 heavy (non-hydrogen) atoms. The highest BCUT2D eigenvalue weighted by atomic mass is 16.7. The summed E-state index contributed by atoms with van der Waals surface area (Å²) < 4.78 is 22.5. The van der Waals surface area contributed by atoms with Crippen molar-refractivity contribution in [1.82, 2.24) is 4.98 Å². The summed E-state index contributed by atoms with van der Waals surface area (Å²) in [5, 5.41) is 3.71. The van der Waals surface area contributed by atoms with Crippen LogP contribution < -0.4 is 15.0 Å². The number of piperidine rings is 1. The molecule has 2 aliphatic rings. The molecule has 0 atom stereocenters. The van der Waals surface area contributed by atoms with Gasteiger partial charge in [-0.1, -0.05) is 12.1 Å². The summed E-state index contributed by atoms with van der Waals surface area (Å²) >= 11 is 0. The van der Waals surface area contributed by atoms with E-state index in [-0.39, 0.29) is 12.5 Å². The van der Waals surface area contributed by atoms with Crippen LogP contribution >= 0.6 is 0 Å². The maximum atomic E-state index is 12.5. The summed E-state index contributed by atoms with van der Waals surface area (Å²) in [4.78, 5) is 31.4. The molecule has 3 heterocycles. The third-order valence-corrected chi connectivity index (χ3v) is 6.37. The van der Waals surface area contributed by atoms with E-state index in [2.05, 4.69) is 10.2 Å². The van der Waals surface area contributed by atoms with Crippen LogP contribution in [0.2, 0.25) is 0 Å². The number of ether oxygens (including phenoxy) is 4. The maximum Gasteiger partial charge on any atom is 0.338 e. The lowest BCUT2D eigenvalue weighted by molar-refractivity contribution is -0.169. The van der Waals surface area contributed by atoms with Gasteiger partial charge in [0.2, 0.25) is 0 Å². The van der Waals surface area contributed by atoms with Gasteiger partial charge in [0.05, 0.1) is 25.4 Å². The van der Waals surface area contributed by atoms with Gasteiger partial charge < -0.3 is 29.2 Å². The monoisotopic (exact) mass is 491 g/mol. The summed E-state index contributed by atoms with van der Waals surface area (Å²) in [6.07, 6.45) is 1.59. The third-order valence-electron chi connectivity index (χ3n) is 6.37. The SMILES string of the molecule is CCOC(=O)c1ccc(NC(=O)COc2cccc3ccc(N4CCC5(CC4)OCCO5)nc23)cc1. The average Bonchev–Trinajstić information content (AvgIpc) is 3.36. The van der Waals surface area contributed by atoms with Crippen LogP contribution in [-0.4, -0.2) is 62.2 Å². The van der Waals surface area contributed by atoms with Crippen LogP contribution in [0.3, 0.4) is 0 Å². The number of fused-ring (bicyclic) bond motifs is 1. The molecule has 3 aromatic rings. The molecular formula is C27H29N3O6. The van der Waals surface area contributed by atoms with E-state index in [4.69, 9.17) is 23.9 Å². The normalized spacial score (nSPS) is 16.8. The lowest BCUT2D eigenvalue weighted by Gasteiger charge is -2.38. The molecule has 5 rings (SSSR count). The zero-order chi connectivity index (χ0) is 25.0. The largest absolute Gasteiger partial charge is 0.481 e. The third kappa shape index (κ3) is 5.27. The minimum Gasteiger partial charge on any atom is -0.481 e. The Morgan fingerprint density at radius 1 is 1.03 bits per heavy atom. The number of hydrogen-bond acceptors (Lipinski definition) is 8. The number of aromatic nitrogens is 1. The van der Waals surface area contributed by atoms with E-state index < -0.39 is 11.8 Å². The van der Waals surface area contributed by atoms with E-state index in [1.807, 2.05) is 30.3 Å². The molecule has 2 saturated heterocycles. The Morgan fingerprint density at radius 2 is 1.78 bits per heavy atom. The first-order chi connectivity index (χ1) is 17.5. The number of rotatable bonds is 7. The van der Waals surface area contributed by atoms with Crippen LogP contribution in [-0.2, 0) is 19.0 Å². The number of nitrogens with one attached hydrogen (secondary N) is 1. The molecule has 0 saturated carbocycles. The number of amides is 1. The fraction of sp³-hybridized carbons (Fsp3) is 0.370. The van der Waals surface area contributed by atoms with Gasteiger partial charge in [-0.05, 0) is 49.4 Å². The van der Waals surface area contributed by atoms with E-state index in [1.54, 1.807) is 31.2 Å². The Bertz CT molecular complexity index is 1230.